The lowest BCUT2D eigenvalue weighted by atomic mass is 9.93. The monoisotopic (exact) mass is 173 g/mol. The zero-order valence-electron chi connectivity index (χ0n) is 7.83. The molecule has 3 heteroatoms. The standard InChI is InChI=1S/C9H19NO2/c1-6-3-9(12)5-8(10-6)4-7(2)11/h6-12H,3-5H2,1-2H3/t6-,7?,8+,9+/m1/s1. The highest BCUT2D eigenvalue weighted by atomic mass is 16.3. The Bertz CT molecular complexity index is 126. The van der Waals surface area contributed by atoms with Crippen molar-refractivity contribution in [2.75, 3.05) is 0 Å². The molecule has 3 N–H and O–H groups in total. The van der Waals surface area contributed by atoms with E-state index in [-0.39, 0.29) is 18.2 Å². The Labute approximate surface area is 73.8 Å². The van der Waals surface area contributed by atoms with Crippen LogP contribution in [-0.2, 0) is 0 Å². The van der Waals surface area contributed by atoms with Crippen molar-refractivity contribution in [2.45, 2.75) is 57.4 Å². The van der Waals surface area contributed by atoms with Gasteiger partial charge in [-0.05, 0) is 33.1 Å². The minimum absolute atomic E-state index is 0.190. The lowest BCUT2D eigenvalue weighted by Gasteiger charge is -2.32. The van der Waals surface area contributed by atoms with Gasteiger partial charge in [0.2, 0.25) is 0 Å². The van der Waals surface area contributed by atoms with E-state index in [1.807, 2.05) is 0 Å². The average molecular weight is 173 g/mol. The molecule has 4 atom stereocenters. The first-order valence-corrected chi connectivity index (χ1v) is 4.70. The lowest BCUT2D eigenvalue weighted by molar-refractivity contribution is 0.0776. The molecule has 0 aromatic heterocycles. The van der Waals surface area contributed by atoms with Crippen LogP contribution >= 0.6 is 0 Å². The predicted octanol–water partition coefficient (Wildman–Crippen LogP) is 0.259. The average Bonchev–Trinajstić information content (AvgIpc) is 1.81. The third-order valence-electron chi connectivity index (χ3n) is 2.33. The molecule has 1 rings (SSSR count). The fourth-order valence-corrected chi connectivity index (χ4v) is 1.95. The predicted molar refractivity (Wildman–Crippen MR) is 47.9 cm³/mol. The molecular formula is C9H19NO2. The van der Waals surface area contributed by atoms with E-state index in [1.54, 1.807) is 6.92 Å². The molecule has 0 aromatic carbocycles. The van der Waals surface area contributed by atoms with E-state index in [1.165, 1.54) is 0 Å². The van der Waals surface area contributed by atoms with Crippen LogP contribution in [0.3, 0.4) is 0 Å². The number of aliphatic hydroxyl groups excluding tert-OH is 2. The molecule has 0 saturated carbocycles. The molecule has 1 saturated heterocycles. The Morgan fingerprint density at radius 1 is 1.50 bits per heavy atom. The molecule has 0 bridgehead atoms. The zero-order valence-corrected chi connectivity index (χ0v) is 7.83. The van der Waals surface area contributed by atoms with Gasteiger partial charge in [0, 0.05) is 12.1 Å². The first-order chi connectivity index (χ1) is 5.58. The summed E-state index contributed by atoms with van der Waals surface area (Å²) in [6, 6.07) is 0.654. The fourth-order valence-electron chi connectivity index (χ4n) is 1.95. The molecule has 1 unspecified atom stereocenters. The highest BCUT2D eigenvalue weighted by Gasteiger charge is 2.24. The second-order valence-corrected chi connectivity index (χ2v) is 3.97. The molecule has 1 aliphatic heterocycles. The van der Waals surface area contributed by atoms with E-state index in [4.69, 9.17) is 5.11 Å². The topological polar surface area (TPSA) is 52.5 Å². The van der Waals surface area contributed by atoms with Gasteiger partial charge in [0.1, 0.15) is 0 Å². The van der Waals surface area contributed by atoms with Crippen LogP contribution in [0.2, 0.25) is 0 Å². The van der Waals surface area contributed by atoms with Crippen LogP contribution in [0.5, 0.6) is 0 Å². The lowest BCUT2D eigenvalue weighted by Crippen LogP contribution is -2.47. The molecule has 12 heavy (non-hydrogen) atoms. The molecule has 1 heterocycles. The minimum atomic E-state index is -0.278. The van der Waals surface area contributed by atoms with Crippen LogP contribution in [0.25, 0.3) is 0 Å². The number of aliphatic hydroxyl groups is 2. The van der Waals surface area contributed by atoms with Gasteiger partial charge in [-0.15, -0.1) is 0 Å². The van der Waals surface area contributed by atoms with Gasteiger partial charge in [-0.1, -0.05) is 0 Å². The van der Waals surface area contributed by atoms with Gasteiger partial charge in [0.25, 0.3) is 0 Å². The highest BCUT2D eigenvalue weighted by molar-refractivity contribution is 4.83. The van der Waals surface area contributed by atoms with Crippen LogP contribution in [-0.4, -0.2) is 34.5 Å². The summed E-state index contributed by atoms with van der Waals surface area (Å²) >= 11 is 0. The van der Waals surface area contributed by atoms with Crippen molar-refractivity contribution in [3.05, 3.63) is 0 Å². The first-order valence-electron chi connectivity index (χ1n) is 4.70. The molecule has 1 aliphatic rings. The minimum Gasteiger partial charge on any atom is -0.393 e. The van der Waals surface area contributed by atoms with Crippen LogP contribution in [0, 0.1) is 0 Å². The van der Waals surface area contributed by atoms with Crippen molar-refractivity contribution in [1.29, 1.82) is 0 Å². The van der Waals surface area contributed by atoms with Crippen LogP contribution in [0.15, 0.2) is 0 Å². The summed E-state index contributed by atoms with van der Waals surface area (Å²) in [4.78, 5) is 0. The van der Waals surface area contributed by atoms with Gasteiger partial charge < -0.3 is 15.5 Å². The molecule has 3 nitrogen and oxygen atoms in total. The zero-order chi connectivity index (χ0) is 9.14. The van der Waals surface area contributed by atoms with E-state index >= 15 is 0 Å². The molecule has 1 fully saturated rings. The van der Waals surface area contributed by atoms with Crippen molar-refractivity contribution < 1.29 is 10.2 Å². The second-order valence-electron chi connectivity index (χ2n) is 3.97. The van der Waals surface area contributed by atoms with Gasteiger partial charge in [-0.25, -0.2) is 0 Å². The highest BCUT2D eigenvalue weighted by Crippen LogP contribution is 2.16. The van der Waals surface area contributed by atoms with Gasteiger partial charge in [-0.3, -0.25) is 0 Å². The van der Waals surface area contributed by atoms with Gasteiger partial charge >= 0.3 is 0 Å². The fraction of sp³-hybridized carbons (Fsp3) is 1.00. The Morgan fingerprint density at radius 3 is 2.67 bits per heavy atom. The molecule has 0 radical (unpaired) electrons. The van der Waals surface area contributed by atoms with E-state index in [9.17, 15) is 5.11 Å². The number of hydrogen-bond acceptors (Lipinski definition) is 3. The molecule has 0 spiro atoms. The summed E-state index contributed by atoms with van der Waals surface area (Å²) in [7, 11) is 0. The molecule has 0 amide bonds. The molecule has 0 aromatic rings. The Balaban J connectivity index is 2.34. The quantitative estimate of drug-likeness (QED) is 0.561. The maximum atomic E-state index is 9.44. The molecule has 0 aliphatic carbocycles. The normalized spacial score (nSPS) is 39.5. The van der Waals surface area contributed by atoms with Crippen molar-refractivity contribution >= 4 is 0 Å². The largest absolute Gasteiger partial charge is 0.393 e. The smallest absolute Gasteiger partial charge is 0.0569 e. The number of hydrogen-bond donors (Lipinski definition) is 3. The van der Waals surface area contributed by atoms with Gasteiger partial charge in [-0.2, -0.15) is 0 Å². The van der Waals surface area contributed by atoms with Crippen molar-refractivity contribution in [2.24, 2.45) is 0 Å². The number of nitrogens with one attached hydrogen (secondary N) is 1. The van der Waals surface area contributed by atoms with Crippen molar-refractivity contribution in [1.82, 2.24) is 5.32 Å². The summed E-state index contributed by atoms with van der Waals surface area (Å²) in [5, 5.41) is 22.0. The van der Waals surface area contributed by atoms with Gasteiger partial charge in [0.05, 0.1) is 12.2 Å². The number of piperidine rings is 1. The van der Waals surface area contributed by atoms with Crippen LogP contribution < -0.4 is 5.32 Å². The second kappa shape index (κ2) is 4.21. The van der Waals surface area contributed by atoms with E-state index in [0.717, 1.165) is 19.3 Å². The Morgan fingerprint density at radius 2 is 2.17 bits per heavy atom. The molecular weight excluding hydrogens is 154 g/mol. The maximum absolute atomic E-state index is 9.44. The molecule has 72 valence electrons. The Hall–Kier alpha value is -0.120. The summed E-state index contributed by atoms with van der Waals surface area (Å²) in [6.07, 6.45) is 1.87. The van der Waals surface area contributed by atoms with E-state index in [0.29, 0.717) is 6.04 Å². The van der Waals surface area contributed by atoms with Gasteiger partial charge in [0.15, 0.2) is 0 Å². The van der Waals surface area contributed by atoms with E-state index in [2.05, 4.69) is 12.2 Å². The van der Waals surface area contributed by atoms with Crippen molar-refractivity contribution in [3.63, 3.8) is 0 Å². The third kappa shape index (κ3) is 3.09. The van der Waals surface area contributed by atoms with E-state index < -0.39 is 0 Å². The van der Waals surface area contributed by atoms with Crippen molar-refractivity contribution in [3.8, 4) is 0 Å². The summed E-state index contributed by atoms with van der Waals surface area (Å²) in [5.74, 6) is 0. The number of rotatable bonds is 2. The summed E-state index contributed by atoms with van der Waals surface area (Å²) < 4.78 is 0. The summed E-state index contributed by atoms with van der Waals surface area (Å²) in [5.41, 5.74) is 0. The SMILES string of the molecule is CC(O)C[C@H]1C[C@@H](O)C[C@@H](C)N1. The maximum Gasteiger partial charge on any atom is 0.0569 e. The summed E-state index contributed by atoms with van der Waals surface area (Å²) in [6.45, 7) is 3.85. The van der Waals surface area contributed by atoms with Crippen LogP contribution in [0.1, 0.15) is 33.1 Å². The Kier molecular flexibility index (Phi) is 3.50. The first kappa shape index (κ1) is 9.96. The third-order valence-corrected chi connectivity index (χ3v) is 2.33. The van der Waals surface area contributed by atoms with Crippen LogP contribution in [0.4, 0.5) is 0 Å².